The molecule has 1 atom stereocenters. The van der Waals surface area contributed by atoms with E-state index >= 15 is 0 Å². The molecule has 1 aliphatic heterocycles. The second kappa shape index (κ2) is 6.74. The van der Waals surface area contributed by atoms with Crippen LogP contribution in [0.5, 0.6) is 0 Å². The highest BCUT2D eigenvalue weighted by atomic mass is 16.3. The topological polar surface area (TPSA) is 35.5 Å². The first-order valence-corrected chi connectivity index (χ1v) is 6.51. The van der Waals surface area contributed by atoms with Gasteiger partial charge in [0, 0.05) is 19.1 Å². The van der Waals surface area contributed by atoms with Crippen LogP contribution in [-0.2, 0) is 0 Å². The lowest BCUT2D eigenvalue weighted by atomic mass is 10.1. The van der Waals surface area contributed by atoms with Crippen LogP contribution in [0.3, 0.4) is 0 Å². The van der Waals surface area contributed by atoms with Crippen LogP contribution in [0.15, 0.2) is 30.3 Å². The molecule has 0 unspecified atom stereocenters. The van der Waals surface area contributed by atoms with Crippen molar-refractivity contribution in [3.8, 4) is 0 Å². The third-order valence-electron chi connectivity index (χ3n) is 3.34. The van der Waals surface area contributed by atoms with Crippen molar-refractivity contribution in [1.82, 2.24) is 10.2 Å². The molecule has 2 rings (SSSR count). The zero-order valence-corrected chi connectivity index (χ0v) is 10.3. The fourth-order valence-corrected chi connectivity index (χ4v) is 2.44. The Morgan fingerprint density at radius 3 is 2.53 bits per heavy atom. The fraction of sp³-hybridized carbons (Fsp3) is 0.571. The summed E-state index contributed by atoms with van der Waals surface area (Å²) in [5, 5.41) is 12.4. The van der Waals surface area contributed by atoms with Crippen LogP contribution >= 0.6 is 0 Å². The molecule has 1 aliphatic rings. The summed E-state index contributed by atoms with van der Waals surface area (Å²) in [7, 11) is 0. The smallest absolute Gasteiger partial charge is 0.0556 e. The van der Waals surface area contributed by atoms with Gasteiger partial charge in [0.25, 0.3) is 0 Å². The van der Waals surface area contributed by atoms with Crippen LogP contribution in [0, 0.1) is 0 Å². The van der Waals surface area contributed by atoms with E-state index in [0.29, 0.717) is 12.6 Å². The number of nitrogens with zero attached hydrogens (tertiary/aromatic N) is 1. The highest BCUT2D eigenvalue weighted by molar-refractivity contribution is 5.19. The van der Waals surface area contributed by atoms with Crippen molar-refractivity contribution in [2.24, 2.45) is 0 Å². The van der Waals surface area contributed by atoms with Gasteiger partial charge in [0.2, 0.25) is 0 Å². The summed E-state index contributed by atoms with van der Waals surface area (Å²) in [5.74, 6) is 0. The molecular formula is C14H22N2O. The summed E-state index contributed by atoms with van der Waals surface area (Å²) in [6.45, 7) is 4.33. The van der Waals surface area contributed by atoms with E-state index < -0.39 is 0 Å². The number of aliphatic hydroxyl groups excluding tert-OH is 1. The Balaban J connectivity index is 1.97. The van der Waals surface area contributed by atoms with Gasteiger partial charge in [0.05, 0.1) is 6.61 Å². The van der Waals surface area contributed by atoms with E-state index in [1.807, 2.05) is 6.07 Å². The van der Waals surface area contributed by atoms with E-state index in [1.54, 1.807) is 0 Å². The second-order valence-electron chi connectivity index (χ2n) is 4.65. The lowest BCUT2D eigenvalue weighted by molar-refractivity contribution is 0.257. The standard InChI is InChI=1S/C14H22N2O/c17-11-8-15-14(12-16-9-4-5-10-16)13-6-2-1-3-7-13/h1-3,6-7,14-15,17H,4-5,8-12H2/t14-/m0/s1. The number of aliphatic hydroxyl groups is 1. The molecule has 0 spiro atoms. The summed E-state index contributed by atoms with van der Waals surface area (Å²) in [5.41, 5.74) is 1.31. The molecule has 0 saturated carbocycles. The van der Waals surface area contributed by atoms with Crippen LogP contribution in [0.1, 0.15) is 24.4 Å². The van der Waals surface area contributed by atoms with Crippen molar-refractivity contribution in [2.75, 3.05) is 32.8 Å². The average molecular weight is 234 g/mol. The van der Waals surface area contributed by atoms with Crippen LogP contribution in [-0.4, -0.2) is 42.8 Å². The monoisotopic (exact) mass is 234 g/mol. The van der Waals surface area contributed by atoms with E-state index in [4.69, 9.17) is 5.11 Å². The molecule has 3 heteroatoms. The first-order chi connectivity index (χ1) is 8.40. The first-order valence-electron chi connectivity index (χ1n) is 6.51. The van der Waals surface area contributed by atoms with Crippen molar-refractivity contribution in [2.45, 2.75) is 18.9 Å². The summed E-state index contributed by atoms with van der Waals surface area (Å²) in [6, 6.07) is 10.8. The van der Waals surface area contributed by atoms with Crippen molar-refractivity contribution in [3.63, 3.8) is 0 Å². The highest BCUT2D eigenvalue weighted by Crippen LogP contribution is 2.17. The Labute approximate surface area is 103 Å². The van der Waals surface area contributed by atoms with Crippen LogP contribution in [0.2, 0.25) is 0 Å². The van der Waals surface area contributed by atoms with Crippen LogP contribution in [0.25, 0.3) is 0 Å². The molecule has 0 amide bonds. The maximum atomic E-state index is 8.95. The Bertz CT molecular complexity index is 309. The van der Waals surface area contributed by atoms with Crippen LogP contribution < -0.4 is 5.32 Å². The van der Waals surface area contributed by atoms with Gasteiger partial charge in [-0.1, -0.05) is 30.3 Å². The number of nitrogens with one attached hydrogen (secondary N) is 1. The number of hydrogen-bond acceptors (Lipinski definition) is 3. The molecular weight excluding hydrogens is 212 g/mol. The largest absolute Gasteiger partial charge is 0.395 e. The van der Waals surface area contributed by atoms with E-state index in [-0.39, 0.29) is 6.61 Å². The number of benzene rings is 1. The average Bonchev–Trinajstić information content (AvgIpc) is 2.88. The first kappa shape index (κ1) is 12.6. The zero-order chi connectivity index (χ0) is 11.9. The van der Waals surface area contributed by atoms with Crippen LogP contribution in [0.4, 0.5) is 0 Å². The molecule has 17 heavy (non-hydrogen) atoms. The fourth-order valence-electron chi connectivity index (χ4n) is 2.44. The van der Waals surface area contributed by atoms with Gasteiger partial charge in [-0.2, -0.15) is 0 Å². The Morgan fingerprint density at radius 2 is 1.88 bits per heavy atom. The molecule has 1 heterocycles. The summed E-state index contributed by atoms with van der Waals surface area (Å²) in [4.78, 5) is 2.50. The minimum Gasteiger partial charge on any atom is -0.395 e. The van der Waals surface area contributed by atoms with E-state index in [9.17, 15) is 0 Å². The van der Waals surface area contributed by atoms with Gasteiger partial charge in [-0.3, -0.25) is 0 Å². The molecule has 1 fully saturated rings. The highest BCUT2D eigenvalue weighted by Gasteiger charge is 2.18. The molecule has 1 saturated heterocycles. The van der Waals surface area contributed by atoms with Gasteiger partial charge in [-0.25, -0.2) is 0 Å². The maximum absolute atomic E-state index is 8.95. The van der Waals surface area contributed by atoms with Crippen molar-refractivity contribution in [3.05, 3.63) is 35.9 Å². The lowest BCUT2D eigenvalue weighted by Crippen LogP contribution is -2.35. The van der Waals surface area contributed by atoms with E-state index in [1.165, 1.54) is 31.5 Å². The van der Waals surface area contributed by atoms with Crippen molar-refractivity contribution >= 4 is 0 Å². The third-order valence-corrected chi connectivity index (χ3v) is 3.34. The SMILES string of the molecule is OCCN[C@@H](CN1CCCC1)c1ccccc1. The molecule has 2 N–H and O–H groups in total. The number of rotatable bonds is 6. The Morgan fingerprint density at radius 1 is 1.18 bits per heavy atom. The van der Waals surface area contributed by atoms with Gasteiger partial charge >= 0.3 is 0 Å². The quantitative estimate of drug-likeness (QED) is 0.781. The predicted molar refractivity (Wildman–Crippen MR) is 69.9 cm³/mol. The van der Waals surface area contributed by atoms with E-state index in [2.05, 4.69) is 34.5 Å². The van der Waals surface area contributed by atoms with Crippen molar-refractivity contribution < 1.29 is 5.11 Å². The molecule has 0 aliphatic carbocycles. The molecule has 0 bridgehead atoms. The summed E-state index contributed by atoms with van der Waals surface area (Å²) < 4.78 is 0. The maximum Gasteiger partial charge on any atom is 0.0556 e. The second-order valence-corrected chi connectivity index (χ2v) is 4.65. The summed E-state index contributed by atoms with van der Waals surface area (Å²) in [6.07, 6.45) is 2.64. The third kappa shape index (κ3) is 3.80. The number of hydrogen-bond donors (Lipinski definition) is 2. The molecule has 1 aromatic rings. The Kier molecular flexibility index (Phi) is 4.98. The van der Waals surface area contributed by atoms with Crippen molar-refractivity contribution in [1.29, 1.82) is 0 Å². The molecule has 94 valence electrons. The van der Waals surface area contributed by atoms with E-state index in [0.717, 1.165) is 6.54 Å². The molecule has 0 radical (unpaired) electrons. The number of likely N-dealkylation sites (tertiary alicyclic amines) is 1. The molecule has 1 aromatic carbocycles. The zero-order valence-electron chi connectivity index (χ0n) is 10.3. The van der Waals surface area contributed by atoms with Gasteiger partial charge < -0.3 is 15.3 Å². The van der Waals surface area contributed by atoms with Gasteiger partial charge in [0.15, 0.2) is 0 Å². The normalized spacial score (nSPS) is 18.4. The minimum atomic E-state index is 0.198. The minimum absolute atomic E-state index is 0.198. The van der Waals surface area contributed by atoms with Gasteiger partial charge in [0.1, 0.15) is 0 Å². The predicted octanol–water partition coefficient (Wildman–Crippen LogP) is 1.41. The summed E-state index contributed by atoms with van der Waals surface area (Å²) >= 11 is 0. The van der Waals surface area contributed by atoms with Gasteiger partial charge in [-0.05, 0) is 31.5 Å². The van der Waals surface area contributed by atoms with Gasteiger partial charge in [-0.15, -0.1) is 0 Å². The molecule has 3 nitrogen and oxygen atoms in total. The Hall–Kier alpha value is -0.900. The molecule has 0 aromatic heterocycles. The lowest BCUT2D eigenvalue weighted by Gasteiger charge is -2.24.